The van der Waals surface area contributed by atoms with Crippen LogP contribution in [-0.2, 0) is 0 Å². The molecule has 0 aliphatic rings. The summed E-state index contributed by atoms with van der Waals surface area (Å²) < 4.78 is 42.9. The Kier molecular flexibility index (Phi) is 4.82. The Hall–Kier alpha value is -2.05. The minimum atomic E-state index is -2.95. The van der Waals surface area contributed by atoms with Crippen molar-refractivity contribution in [2.24, 2.45) is 5.84 Å². The van der Waals surface area contributed by atoms with Gasteiger partial charge in [-0.25, -0.2) is 9.82 Å². The van der Waals surface area contributed by atoms with E-state index in [4.69, 9.17) is 5.84 Å². The molecule has 0 fully saturated rings. The third kappa shape index (κ3) is 3.74. The van der Waals surface area contributed by atoms with Crippen molar-refractivity contribution in [2.45, 2.75) is 19.6 Å². The summed E-state index contributed by atoms with van der Waals surface area (Å²) in [5.41, 5.74) is 4.15. The van der Waals surface area contributed by atoms with E-state index in [-0.39, 0.29) is 5.75 Å². The van der Waals surface area contributed by atoms with Crippen LogP contribution in [-0.4, -0.2) is 6.61 Å². The minimum Gasteiger partial charge on any atom is -0.434 e. The second-order valence-corrected chi connectivity index (χ2v) is 4.58. The number of hydrogen-bond acceptors (Lipinski definition) is 3. The van der Waals surface area contributed by atoms with E-state index in [1.165, 1.54) is 18.2 Å². The highest BCUT2D eigenvalue weighted by atomic mass is 19.3. The first-order chi connectivity index (χ1) is 10.0. The predicted octanol–water partition coefficient (Wildman–Crippen LogP) is 3.29. The first-order valence-electron chi connectivity index (χ1n) is 6.28. The third-order valence-electron chi connectivity index (χ3n) is 3.01. The number of nitrogens with one attached hydrogen (secondary N) is 1. The molecule has 0 aromatic heterocycles. The van der Waals surface area contributed by atoms with Gasteiger partial charge in [-0.3, -0.25) is 5.84 Å². The lowest BCUT2D eigenvalue weighted by Crippen LogP contribution is -2.29. The van der Waals surface area contributed by atoms with Crippen LogP contribution >= 0.6 is 0 Å². The Bertz CT molecular complexity index is 599. The molecule has 0 spiro atoms. The molecule has 112 valence electrons. The zero-order chi connectivity index (χ0) is 15.4. The van der Waals surface area contributed by atoms with Gasteiger partial charge in [0.05, 0.1) is 6.04 Å². The summed E-state index contributed by atoms with van der Waals surface area (Å²) in [4.78, 5) is 0. The maximum absolute atomic E-state index is 13.5. The number of halogens is 3. The van der Waals surface area contributed by atoms with Crippen molar-refractivity contribution < 1.29 is 17.9 Å². The summed E-state index contributed by atoms with van der Waals surface area (Å²) in [5.74, 6) is 5.10. The van der Waals surface area contributed by atoms with Crippen LogP contribution in [0.25, 0.3) is 0 Å². The van der Waals surface area contributed by atoms with Gasteiger partial charge in [0, 0.05) is 5.56 Å². The number of nitrogens with two attached hydrogens (primary N) is 1. The molecule has 0 saturated carbocycles. The van der Waals surface area contributed by atoms with Crippen molar-refractivity contribution >= 4 is 0 Å². The first-order valence-corrected chi connectivity index (χ1v) is 6.28. The Balaban J connectivity index is 2.46. The summed E-state index contributed by atoms with van der Waals surface area (Å²) in [6.07, 6.45) is 0. The fourth-order valence-corrected chi connectivity index (χ4v) is 2.22. The first kappa shape index (κ1) is 15.3. The van der Waals surface area contributed by atoms with Gasteiger partial charge in [0.1, 0.15) is 11.6 Å². The van der Waals surface area contributed by atoms with Crippen molar-refractivity contribution in [3.63, 3.8) is 0 Å². The second kappa shape index (κ2) is 6.60. The maximum Gasteiger partial charge on any atom is 0.387 e. The highest BCUT2D eigenvalue weighted by Crippen LogP contribution is 2.31. The Labute approximate surface area is 120 Å². The average Bonchev–Trinajstić information content (AvgIpc) is 2.40. The quantitative estimate of drug-likeness (QED) is 0.657. The van der Waals surface area contributed by atoms with E-state index in [2.05, 4.69) is 10.2 Å². The summed E-state index contributed by atoms with van der Waals surface area (Å²) in [6, 6.07) is 10.0. The second-order valence-electron chi connectivity index (χ2n) is 4.58. The number of alkyl halides is 2. The summed E-state index contributed by atoms with van der Waals surface area (Å²) >= 11 is 0. The standard InChI is InChI=1S/C15H15F3N2O/c1-9-6-10(8-11(16)7-9)14(20-19)12-4-2-3-5-13(12)21-15(17)18/h2-8,14-15,20H,19H2,1H3. The normalized spacial score (nSPS) is 12.5. The molecule has 1 unspecified atom stereocenters. The van der Waals surface area contributed by atoms with Gasteiger partial charge in [-0.1, -0.05) is 24.3 Å². The topological polar surface area (TPSA) is 47.3 Å². The number of hydrogen-bond donors (Lipinski definition) is 2. The highest BCUT2D eigenvalue weighted by Gasteiger charge is 2.19. The van der Waals surface area contributed by atoms with Crippen molar-refractivity contribution in [1.82, 2.24) is 5.43 Å². The largest absolute Gasteiger partial charge is 0.434 e. The van der Waals surface area contributed by atoms with Gasteiger partial charge in [-0.2, -0.15) is 8.78 Å². The van der Waals surface area contributed by atoms with Gasteiger partial charge in [-0.15, -0.1) is 0 Å². The molecule has 0 bridgehead atoms. The molecule has 1 atom stereocenters. The number of para-hydroxylation sites is 1. The molecule has 2 rings (SSSR count). The van der Waals surface area contributed by atoms with Crippen molar-refractivity contribution in [2.75, 3.05) is 0 Å². The molecule has 0 amide bonds. The molecule has 0 radical (unpaired) electrons. The summed E-state index contributed by atoms with van der Waals surface area (Å²) in [5, 5.41) is 0. The molecule has 2 aromatic rings. The number of ether oxygens (including phenoxy) is 1. The molecule has 0 saturated heterocycles. The minimum absolute atomic E-state index is 0.00244. The Morgan fingerprint density at radius 3 is 2.48 bits per heavy atom. The zero-order valence-electron chi connectivity index (χ0n) is 11.3. The number of aryl methyl sites for hydroxylation is 1. The lowest BCUT2D eigenvalue weighted by atomic mass is 9.97. The molecule has 21 heavy (non-hydrogen) atoms. The Morgan fingerprint density at radius 1 is 1.14 bits per heavy atom. The lowest BCUT2D eigenvalue weighted by Gasteiger charge is -2.20. The average molecular weight is 296 g/mol. The van der Waals surface area contributed by atoms with Crippen molar-refractivity contribution in [1.29, 1.82) is 0 Å². The van der Waals surface area contributed by atoms with Gasteiger partial charge < -0.3 is 4.74 Å². The predicted molar refractivity (Wildman–Crippen MR) is 73.4 cm³/mol. The smallest absolute Gasteiger partial charge is 0.387 e. The maximum atomic E-state index is 13.5. The molecule has 0 aliphatic heterocycles. The van der Waals surface area contributed by atoms with Crippen molar-refractivity contribution in [3.05, 3.63) is 65.0 Å². The van der Waals surface area contributed by atoms with E-state index < -0.39 is 18.5 Å². The van der Waals surface area contributed by atoms with Gasteiger partial charge in [0.25, 0.3) is 0 Å². The van der Waals surface area contributed by atoms with Crippen molar-refractivity contribution in [3.8, 4) is 5.75 Å². The van der Waals surface area contributed by atoms with Gasteiger partial charge in [-0.05, 0) is 36.2 Å². The van der Waals surface area contributed by atoms with Gasteiger partial charge >= 0.3 is 6.61 Å². The number of benzene rings is 2. The molecule has 0 aliphatic carbocycles. The van der Waals surface area contributed by atoms with Crippen LogP contribution in [0.5, 0.6) is 5.75 Å². The van der Waals surface area contributed by atoms with E-state index >= 15 is 0 Å². The molecule has 6 heteroatoms. The van der Waals surface area contributed by atoms with E-state index in [1.54, 1.807) is 31.2 Å². The van der Waals surface area contributed by atoms with Crippen LogP contribution in [0.1, 0.15) is 22.7 Å². The van der Waals surface area contributed by atoms with E-state index in [1.807, 2.05) is 0 Å². The summed E-state index contributed by atoms with van der Waals surface area (Å²) in [7, 11) is 0. The van der Waals surface area contributed by atoms with Crippen LogP contribution < -0.4 is 16.0 Å². The fraction of sp³-hybridized carbons (Fsp3) is 0.200. The SMILES string of the molecule is Cc1cc(F)cc(C(NN)c2ccccc2OC(F)F)c1. The van der Waals surface area contributed by atoms with Gasteiger partial charge in [0.15, 0.2) is 0 Å². The molecular weight excluding hydrogens is 281 g/mol. The van der Waals surface area contributed by atoms with E-state index in [0.29, 0.717) is 16.7 Å². The zero-order valence-corrected chi connectivity index (χ0v) is 11.3. The third-order valence-corrected chi connectivity index (χ3v) is 3.01. The highest BCUT2D eigenvalue weighted by molar-refractivity contribution is 5.42. The summed E-state index contributed by atoms with van der Waals surface area (Å²) in [6.45, 7) is -1.21. The molecular formula is C15H15F3N2O. The molecule has 3 nitrogen and oxygen atoms in total. The molecule has 0 heterocycles. The van der Waals surface area contributed by atoms with Crippen LogP contribution in [0.2, 0.25) is 0 Å². The fourth-order valence-electron chi connectivity index (χ4n) is 2.22. The monoisotopic (exact) mass is 296 g/mol. The van der Waals surface area contributed by atoms with Crippen LogP contribution in [0.4, 0.5) is 13.2 Å². The molecule has 3 N–H and O–H groups in total. The van der Waals surface area contributed by atoms with E-state index in [0.717, 1.165) is 0 Å². The number of hydrazine groups is 1. The molecule has 2 aromatic carbocycles. The number of rotatable bonds is 5. The Morgan fingerprint density at radius 2 is 1.86 bits per heavy atom. The lowest BCUT2D eigenvalue weighted by molar-refractivity contribution is -0.0506. The van der Waals surface area contributed by atoms with Crippen LogP contribution in [0.3, 0.4) is 0 Å². The van der Waals surface area contributed by atoms with Crippen LogP contribution in [0.15, 0.2) is 42.5 Å². The van der Waals surface area contributed by atoms with E-state index in [9.17, 15) is 13.2 Å². The van der Waals surface area contributed by atoms with Crippen LogP contribution in [0, 0.1) is 12.7 Å². The van der Waals surface area contributed by atoms with Gasteiger partial charge in [0.2, 0.25) is 0 Å².